The van der Waals surface area contributed by atoms with Crippen LogP contribution in [0.4, 0.5) is 5.82 Å². The van der Waals surface area contributed by atoms with Crippen molar-refractivity contribution in [3.05, 3.63) is 35.1 Å². The van der Waals surface area contributed by atoms with Crippen molar-refractivity contribution in [3.63, 3.8) is 0 Å². The number of anilines is 1. The number of carbonyl (C=O) groups excluding carboxylic acids is 1. The van der Waals surface area contributed by atoms with Gasteiger partial charge in [-0.1, -0.05) is 17.7 Å². The van der Waals surface area contributed by atoms with Gasteiger partial charge in [0, 0.05) is 30.2 Å². The van der Waals surface area contributed by atoms with Crippen molar-refractivity contribution in [1.29, 1.82) is 0 Å². The third kappa shape index (κ3) is 3.43. The molecular formula is C23H26ClN7O2. The number of halogens is 1. The Kier molecular flexibility index (Phi) is 5.06. The molecule has 1 aliphatic heterocycles. The molecule has 4 heterocycles. The van der Waals surface area contributed by atoms with Gasteiger partial charge in [-0.2, -0.15) is 5.10 Å². The van der Waals surface area contributed by atoms with Crippen LogP contribution in [0.25, 0.3) is 33.3 Å². The quantitative estimate of drug-likeness (QED) is 0.470. The first-order chi connectivity index (χ1) is 15.7. The number of carbonyl (C=O) groups is 1. The first-order valence-corrected chi connectivity index (χ1v) is 11.3. The molecule has 33 heavy (non-hydrogen) atoms. The lowest BCUT2D eigenvalue weighted by molar-refractivity contribution is 0.0711. The molecule has 0 atom stereocenters. The van der Waals surface area contributed by atoms with E-state index in [-0.39, 0.29) is 11.6 Å². The minimum atomic E-state index is -0.491. The maximum Gasteiger partial charge on any atom is 0.248 e. The first-order valence-electron chi connectivity index (χ1n) is 10.9. The van der Waals surface area contributed by atoms with E-state index >= 15 is 0 Å². The highest BCUT2D eigenvalue weighted by Gasteiger charge is 2.31. The number of ether oxygens (including phenoxy) is 1. The molecule has 5 rings (SSSR count). The maximum atomic E-state index is 11.9. The second-order valence-corrected chi connectivity index (χ2v) is 9.74. The molecule has 9 nitrogen and oxygen atoms in total. The van der Waals surface area contributed by atoms with E-state index in [1.165, 1.54) is 6.33 Å². The van der Waals surface area contributed by atoms with Crippen molar-refractivity contribution >= 4 is 45.3 Å². The third-order valence-electron chi connectivity index (χ3n) is 6.14. The van der Waals surface area contributed by atoms with E-state index in [9.17, 15) is 4.79 Å². The number of hydrogen-bond acceptors (Lipinski definition) is 6. The van der Waals surface area contributed by atoms with Gasteiger partial charge in [0.05, 0.1) is 27.2 Å². The molecule has 0 aliphatic carbocycles. The molecule has 0 bridgehead atoms. The normalized spacial score (nSPS) is 15.5. The lowest BCUT2D eigenvalue weighted by Gasteiger charge is -2.26. The van der Waals surface area contributed by atoms with Gasteiger partial charge in [0.25, 0.3) is 0 Å². The molecule has 4 aromatic rings. The minimum Gasteiger partial charge on any atom is -0.383 e. The second kappa shape index (κ2) is 7.71. The molecule has 0 radical (unpaired) electrons. The van der Waals surface area contributed by atoms with E-state index in [1.54, 1.807) is 12.1 Å². The van der Waals surface area contributed by atoms with Crippen LogP contribution >= 0.6 is 11.6 Å². The average Bonchev–Trinajstić information content (AvgIpc) is 3.30. The Morgan fingerprint density at radius 3 is 2.61 bits per heavy atom. The van der Waals surface area contributed by atoms with Gasteiger partial charge in [0.2, 0.25) is 5.91 Å². The van der Waals surface area contributed by atoms with Crippen molar-refractivity contribution in [2.75, 3.05) is 18.9 Å². The standard InChI is InChI=1S/C23H26ClN7O2/c1-23(2,3)31-22-16(20(25)27-11-28-22)18(29-31)19-17(24)14-5-4-12(21(26)32)10-15(14)30(19)13-6-8-33-9-7-13/h4-5,10-11,13H,6-9H2,1-3H3,(H2,26,32)(H2,25,27,28). The van der Waals surface area contributed by atoms with Crippen molar-refractivity contribution < 1.29 is 9.53 Å². The summed E-state index contributed by atoms with van der Waals surface area (Å²) >= 11 is 7.03. The Morgan fingerprint density at radius 1 is 1.21 bits per heavy atom. The molecular weight excluding hydrogens is 442 g/mol. The predicted octanol–water partition coefficient (Wildman–Crippen LogP) is 3.89. The molecule has 0 spiro atoms. The number of benzene rings is 1. The fraction of sp³-hybridized carbons (Fsp3) is 0.391. The van der Waals surface area contributed by atoms with Crippen LogP contribution in [0.5, 0.6) is 0 Å². The van der Waals surface area contributed by atoms with Crippen LogP contribution in [0.1, 0.15) is 50.0 Å². The van der Waals surface area contributed by atoms with E-state index in [4.69, 9.17) is 32.9 Å². The van der Waals surface area contributed by atoms with Gasteiger partial charge in [0.15, 0.2) is 5.65 Å². The summed E-state index contributed by atoms with van der Waals surface area (Å²) < 4.78 is 9.62. The Hall–Kier alpha value is -3.17. The topological polar surface area (TPSA) is 127 Å². The monoisotopic (exact) mass is 467 g/mol. The number of nitrogens with zero attached hydrogens (tertiary/aromatic N) is 5. The van der Waals surface area contributed by atoms with Gasteiger partial charge < -0.3 is 20.8 Å². The molecule has 172 valence electrons. The van der Waals surface area contributed by atoms with Gasteiger partial charge in [-0.25, -0.2) is 14.6 Å². The van der Waals surface area contributed by atoms with E-state index in [1.807, 2.05) is 10.7 Å². The number of amides is 1. The third-order valence-corrected chi connectivity index (χ3v) is 6.52. The van der Waals surface area contributed by atoms with E-state index in [2.05, 4.69) is 35.3 Å². The Labute approximate surface area is 195 Å². The molecule has 4 N–H and O–H groups in total. The SMILES string of the molecule is CC(C)(C)n1nc(-c2c(Cl)c3ccc(C(N)=O)cc3n2C2CCOCC2)c2c(N)ncnc21. The fourth-order valence-corrected chi connectivity index (χ4v) is 4.91. The molecule has 0 unspecified atom stereocenters. The van der Waals surface area contributed by atoms with Gasteiger partial charge in [-0.15, -0.1) is 0 Å². The second-order valence-electron chi connectivity index (χ2n) is 9.36. The first kappa shape index (κ1) is 21.7. The van der Waals surface area contributed by atoms with Crippen LogP contribution in [0.3, 0.4) is 0 Å². The summed E-state index contributed by atoms with van der Waals surface area (Å²) in [4.78, 5) is 20.7. The lowest BCUT2D eigenvalue weighted by atomic mass is 10.1. The molecule has 1 amide bonds. The van der Waals surface area contributed by atoms with Crippen LogP contribution in [-0.2, 0) is 10.3 Å². The summed E-state index contributed by atoms with van der Waals surface area (Å²) in [6.07, 6.45) is 3.05. The summed E-state index contributed by atoms with van der Waals surface area (Å²) in [5, 5.41) is 6.97. The van der Waals surface area contributed by atoms with Crippen molar-refractivity contribution in [2.45, 2.75) is 45.2 Å². The van der Waals surface area contributed by atoms with E-state index < -0.39 is 5.91 Å². The summed E-state index contributed by atoms with van der Waals surface area (Å²) in [6.45, 7) is 7.43. The highest BCUT2D eigenvalue weighted by atomic mass is 35.5. The number of primary amides is 1. The maximum absolute atomic E-state index is 11.9. The number of hydrogen-bond donors (Lipinski definition) is 2. The summed E-state index contributed by atoms with van der Waals surface area (Å²) in [5.41, 5.74) is 14.8. The van der Waals surface area contributed by atoms with Gasteiger partial charge in [0.1, 0.15) is 17.8 Å². The molecule has 1 saturated heterocycles. The molecule has 10 heteroatoms. The fourth-order valence-electron chi connectivity index (χ4n) is 4.57. The van der Waals surface area contributed by atoms with Crippen molar-refractivity contribution in [2.24, 2.45) is 5.73 Å². The number of nitrogens with two attached hydrogens (primary N) is 2. The highest BCUT2D eigenvalue weighted by molar-refractivity contribution is 6.39. The molecule has 1 fully saturated rings. The number of rotatable bonds is 3. The van der Waals surface area contributed by atoms with Gasteiger partial charge in [-0.3, -0.25) is 4.79 Å². The Morgan fingerprint density at radius 2 is 1.94 bits per heavy atom. The Balaban J connectivity index is 1.90. The number of fused-ring (bicyclic) bond motifs is 2. The van der Waals surface area contributed by atoms with Crippen LogP contribution < -0.4 is 11.5 Å². The highest BCUT2D eigenvalue weighted by Crippen LogP contribution is 2.44. The zero-order valence-electron chi connectivity index (χ0n) is 18.8. The number of aromatic nitrogens is 5. The van der Waals surface area contributed by atoms with Gasteiger partial charge >= 0.3 is 0 Å². The summed E-state index contributed by atoms with van der Waals surface area (Å²) in [6, 6.07) is 5.43. The predicted molar refractivity (Wildman–Crippen MR) is 128 cm³/mol. The van der Waals surface area contributed by atoms with Crippen LogP contribution in [0.2, 0.25) is 5.02 Å². The van der Waals surface area contributed by atoms with E-state index in [0.717, 1.165) is 29.4 Å². The lowest BCUT2D eigenvalue weighted by Crippen LogP contribution is -2.23. The van der Waals surface area contributed by atoms with Gasteiger partial charge in [-0.05, 0) is 45.7 Å². The Bertz CT molecular complexity index is 1390. The van der Waals surface area contributed by atoms with Crippen LogP contribution in [-0.4, -0.2) is 43.4 Å². The molecule has 3 aromatic heterocycles. The zero-order valence-corrected chi connectivity index (χ0v) is 19.6. The summed E-state index contributed by atoms with van der Waals surface area (Å²) in [5.74, 6) is -0.155. The van der Waals surface area contributed by atoms with Crippen LogP contribution in [0.15, 0.2) is 24.5 Å². The molecule has 0 saturated carbocycles. The number of nitrogen functional groups attached to an aromatic ring is 1. The largest absolute Gasteiger partial charge is 0.383 e. The zero-order chi connectivity index (χ0) is 23.5. The smallest absolute Gasteiger partial charge is 0.248 e. The van der Waals surface area contributed by atoms with Crippen LogP contribution in [0, 0.1) is 0 Å². The van der Waals surface area contributed by atoms with Crippen molar-refractivity contribution in [3.8, 4) is 11.4 Å². The average molecular weight is 468 g/mol. The minimum absolute atomic E-state index is 0.104. The molecule has 1 aromatic carbocycles. The molecule has 1 aliphatic rings. The summed E-state index contributed by atoms with van der Waals surface area (Å²) in [7, 11) is 0. The van der Waals surface area contributed by atoms with E-state index in [0.29, 0.717) is 46.3 Å². The van der Waals surface area contributed by atoms with Crippen molar-refractivity contribution in [1.82, 2.24) is 24.3 Å².